The minimum atomic E-state index is -0.680. The molecule has 2 aromatic carbocycles. The van der Waals surface area contributed by atoms with Gasteiger partial charge in [-0.05, 0) is 51.8 Å². The molecule has 3 aromatic rings. The van der Waals surface area contributed by atoms with Crippen LogP contribution in [0, 0.1) is 5.82 Å². The van der Waals surface area contributed by atoms with Crippen molar-refractivity contribution in [3.8, 4) is 11.5 Å². The lowest BCUT2D eigenvalue weighted by atomic mass is 10.00. The quantitative estimate of drug-likeness (QED) is 0.288. The molecule has 1 aromatic heterocycles. The number of anilines is 2. The van der Waals surface area contributed by atoms with Crippen molar-refractivity contribution in [1.82, 2.24) is 14.9 Å². The van der Waals surface area contributed by atoms with Crippen molar-refractivity contribution in [2.24, 2.45) is 0 Å². The van der Waals surface area contributed by atoms with Crippen LogP contribution in [0.1, 0.15) is 52.9 Å². The van der Waals surface area contributed by atoms with Crippen LogP contribution in [0.2, 0.25) is 10.0 Å². The van der Waals surface area contributed by atoms with Crippen molar-refractivity contribution < 1.29 is 28.1 Å². The Bertz CT molecular complexity index is 1480. The lowest BCUT2D eigenvalue weighted by Crippen LogP contribution is -2.50. The molecule has 9 nitrogen and oxygen atoms in total. The molecule has 3 aliphatic rings. The highest BCUT2D eigenvalue weighted by Crippen LogP contribution is 2.42. The molecule has 0 radical (unpaired) electrons. The highest BCUT2D eigenvalue weighted by Gasteiger charge is 2.45. The monoisotopic (exact) mass is 618 g/mol. The van der Waals surface area contributed by atoms with E-state index in [1.807, 2.05) is 37.8 Å². The molecular formula is C30H33Cl2FN4O5. The summed E-state index contributed by atoms with van der Waals surface area (Å²) < 4.78 is 39.1. The summed E-state index contributed by atoms with van der Waals surface area (Å²) >= 11 is 12.0. The van der Waals surface area contributed by atoms with Gasteiger partial charge in [-0.15, -0.1) is 0 Å². The number of ether oxygens (including phenoxy) is 4. The molecule has 6 rings (SSSR count). The van der Waals surface area contributed by atoms with Crippen LogP contribution in [0.5, 0.6) is 11.5 Å². The Balaban J connectivity index is 1.30. The van der Waals surface area contributed by atoms with Crippen LogP contribution in [0.15, 0.2) is 30.6 Å². The average Bonchev–Trinajstić information content (AvgIpc) is 3.54. The molecule has 1 N–H and O–H groups in total. The molecule has 12 heteroatoms. The zero-order valence-electron chi connectivity index (χ0n) is 23.7. The van der Waals surface area contributed by atoms with Gasteiger partial charge in [0, 0.05) is 42.8 Å². The largest absolute Gasteiger partial charge is 0.486 e. The number of fused-ring (bicyclic) bond motifs is 3. The molecule has 1 unspecified atom stereocenters. The number of amides is 1. The summed E-state index contributed by atoms with van der Waals surface area (Å²) in [6.07, 6.45) is 4.79. The lowest BCUT2D eigenvalue weighted by Gasteiger charge is -2.39. The summed E-state index contributed by atoms with van der Waals surface area (Å²) in [6.45, 7) is 6.75. The van der Waals surface area contributed by atoms with Gasteiger partial charge in [0.25, 0.3) is 0 Å². The Morgan fingerprint density at radius 2 is 1.76 bits per heavy atom. The summed E-state index contributed by atoms with van der Waals surface area (Å²) in [5, 5.41) is 3.58. The molecule has 3 aliphatic heterocycles. The third-order valence-electron chi connectivity index (χ3n) is 7.76. The summed E-state index contributed by atoms with van der Waals surface area (Å²) in [5.41, 5.74) is 0.162. The van der Waals surface area contributed by atoms with E-state index in [9.17, 15) is 9.18 Å². The van der Waals surface area contributed by atoms with Crippen molar-refractivity contribution in [2.45, 2.75) is 82.8 Å². The second-order valence-corrected chi connectivity index (χ2v) is 12.8. The van der Waals surface area contributed by atoms with E-state index in [4.69, 9.17) is 42.1 Å². The van der Waals surface area contributed by atoms with Gasteiger partial charge >= 0.3 is 6.09 Å². The third-order valence-corrected chi connectivity index (χ3v) is 8.54. The molecule has 0 saturated carbocycles. The number of nitrogens with one attached hydrogen (secondary N) is 1. The normalized spacial score (nSPS) is 23.7. The van der Waals surface area contributed by atoms with Gasteiger partial charge in [-0.2, -0.15) is 0 Å². The van der Waals surface area contributed by atoms with Crippen LogP contribution in [-0.2, 0) is 9.47 Å². The van der Waals surface area contributed by atoms with Gasteiger partial charge in [0.1, 0.15) is 30.0 Å². The number of carbonyl (C=O) groups is 1. The van der Waals surface area contributed by atoms with E-state index in [0.29, 0.717) is 54.3 Å². The van der Waals surface area contributed by atoms with Crippen LogP contribution < -0.4 is 14.8 Å². The standard InChI is InChI=1S/C30H33Cl2FN4O5/c1-30(2,3)42-29(38)37-16-4-5-17(37)11-19(10-16)41-24-12-20-23(13-25(24)40-18-8-9-39-14-18)34-15-35-28(20)36-22-7-6-21(31)26(32)27(22)33/h6-7,12-13,15-19H,4-5,8-11,14H2,1-3H3,(H,34,35,36)/t16-,17+,18-,19?/m1/s1. The number of halogens is 3. The number of rotatable bonds is 6. The topological polar surface area (TPSA) is 95.0 Å². The molecule has 2 bridgehead atoms. The number of piperidine rings is 1. The Morgan fingerprint density at radius 1 is 1.05 bits per heavy atom. The maximum atomic E-state index is 14.9. The van der Waals surface area contributed by atoms with Crippen molar-refractivity contribution in [1.29, 1.82) is 0 Å². The first kappa shape index (κ1) is 29.0. The Labute approximate surface area is 253 Å². The van der Waals surface area contributed by atoms with E-state index in [1.54, 1.807) is 0 Å². The smallest absolute Gasteiger partial charge is 0.410 e. The van der Waals surface area contributed by atoms with E-state index in [0.717, 1.165) is 19.3 Å². The number of hydrogen-bond acceptors (Lipinski definition) is 8. The Kier molecular flexibility index (Phi) is 7.97. The van der Waals surface area contributed by atoms with Crippen molar-refractivity contribution in [3.63, 3.8) is 0 Å². The second kappa shape index (κ2) is 11.5. The minimum absolute atomic E-state index is 0.0369. The maximum absolute atomic E-state index is 14.9. The molecule has 1 amide bonds. The SMILES string of the molecule is CC(C)(C)OC(=O)N1[C@@H]2CC[C@H]1CC(Oc1cc3c(Nc4ccc(Cl)c(Cl)c4F)ncnc3cc1O[C@@H]1CCOC1)C2. The van der Waals surface area contributed by atoms with Gasteiger partial charge in [0.2, 0.25) is 0 Å². The van der Waals surface area contributed by atoms with Gasteiger partial charge in [-0.3, -0.25) is 0 Å². The van der Waals surface area contributed by atoms with E-state index in [-0.39, 0.29) is 46.1 Å². The van der Waals surface area contributed by atoms with Crippen molar-refractivity contribution >= 4 is 51.7 Å². The van der Waals surface area contributed by atoms with E-state index in [2.05, 4.69) is 15.3 Å². The molecule has 42 heavy (non-hydrogen) atoms. The highest BCUT2D eigenvalue weighted by molar-refractivity contribution is 6.42. The maximum Gasteiger partial charge on any atom is 0.410 e. The number of nitrogens with zero attached hydrogens (tertiary/aromatic N) is 3. The fourth-order valence-corrected chi connectivity index (χ4v) is 6.21. The number of carbonyl (C=O) groups excluding carboxylic acids is 1. The zero-order chi connectivity index (χ0) is 29.6. The minimum Gasteiger partial charge on any atom is -0.486 e. The molecule has 4 heterocycles. The molecule has 3 fully saturated rings. The van der Waals surface area contributed by atoms with Gasteiger partial charge in [0.15, 0.2) is 17.3 Å². The van der Waals surface area contributed by atoms with Crippen molar-refractivity contribution in [2.75, 3.05) is 18.5 Å². The van der Waals surface area contributed by atoms with Crippen LogP contribution in [0.25, 0.3) is 10.9 Å². The predicted octanol–water partition coefficient (Wildman–Crippen LogP) is 7.30. The average molecular weight is 620 g/mol. The van der Waals surface area contributed by atoms with Crippen LogP contribution in [-0.4, -0.2) is 64.1 Å². The fraction of sp³-hybridized carbons (Fsp3) is 0.500. The first-order chi connectivity index (χ1) is 20.1. The molecule has 224 valence electrons. The Morgan fingerprint density at radius 3 is 2.45 bits per heavy atom. The van der Waals surface area contributed by atoms with Gasteiger partial charge in [0.05, 0.1) is 34.5 Å². The molecule has 0 spiro atoms. The van der Waals surface area contributed by atoms with Crippen LogP contribution >= 0.6 is 23.2 Å². The fourth-order valence-electron chi connectivity index (χ4n) is 5.90. The van der Waals surface area contributed by atoms with Crippen LogP contribution in [0.3, 0.4) is 0 Å². The predicted molar refractivity (Wildman–Crippen MR) is 158 cm³/mol. The van der Waals surface area contributed by atoms with Gasteiger partial charge in [-0.1, -0.05) is 23.2 Å². The number of aromatic nitrogens is 2. The molecular weight excluding hydrogens is 586 g/mol. The van der Waals surface area contributed by atoms with E-state index in [1.165, 1.54) is 18.5 Å². The van der Waals surface area contributed by atoms with E-state index < -0.39 is 11.4 Å². The lowest BCUT2D eigenvalue weighted by molar-refractivity contribution is -0.00759. The van der Waals surface area contributed by atoms with Crippen molar-refractivity contribution in [3.05, 3.63) is 46.5 Å². The number of hydrogen-bond donors (Lipinski definition) is 1. The third kappa shape index (κ3) is 6.02. The van der Waals surface area contributed by atoms with Gasteiger partial charge < -0.3 is 29.2 Å². The first-order valence-electron chi connectivity index (χ1n) is 14.2. The summed E-state index contributed by atoms with van der Waals surface area (Å²) in [4.78, 5) is 23.6. The summed E-state index contributed by atoms with van der Waals surface area (Å²) in [7, 11) is 0. The molecule has 0 aliphatic carbocycles. The highest BCUT2D eigenvalue weighted by atomic mass is 35.5. The molecule has 4 atom stereocenters. The Hall–Kier alpha value is -3.08. The van der Waals surface area contributed by atoms with Gasteiger partial charge in [-0.25, -0.2) is 19.2 Å². The number of benzene rings is 2. The molecule has 3 saturated heterocycles. The summed E-state index contributed by atoms with van der Waals surface area (Å²) in [6, 6.07) is 6.72. The summed E-state index contributed by atoms with van der Waals surface area (Å²) in [5.74, 6) is 0.765. The first-order valence-corrected chi connectivity index (χ1v) is 14.9. The van der Waals surface area contributed by atoms with E-state index >= 15 is 0 Å². The van der Waals surface area contributed by atoms with Crippen LogP contribution in [0.4, 0.5) is 20.7 Å². The second-order valence-electron chi connectivity index (χ2n) is 12.0. The zero-order valence-corrected chi connectivity index (χ0v) is 25.2.